The number of allylic oxidation sites excluding steroid dienone is 6. The van der Waals surface area contributed by atoms with Gasteiger partial charge in [0.25, 0.3) is 0 Å². The van der Waals surface area contributed by atoms with E-state index in [1.807, 2.05) is 0 Å². The minimum Gasteiger partial charge on any atom is -0.462 e. The Labute approximate surface area is 324 Å². The molecule has 310 valence electrons. The summed E-state index contributed by atoms with van der Waals surface area (Å²) < 4.78 is 32.8. The molecule has 9 nitrogen and oxygen atoms in total. The molecule has 0 spiro atoms. The number of phosphoric ester groups is 1. The van der Waals surface area contributed by atoms with Gasteiger partial charge in [0.15, 0.2) is 6.10 Å². The number of carbonyl (C=O) groups is 2. The van der Waals surface area contributed by atoms with Crippen LogP contribution in [0.3, 0.4) is 0 Å². The van der Waals surface area contributed by atoms with E-state index in [1.54, 1.807) is 0 Å². The normalized spacial score (nSPS) is 13.7. The van der Waals surface area contributed by atoms with Crippen LogP contribution in [-0.4, -0.2) is 49.3 Å². The van der Waals surface area contributed by atoms with E-state index >= 15 is 0 Å². The van der Waals surface area contributed by atoms with Crippen molar-refractivity contribution in [3.05, 3.63) is 36.5 Å². The lowest BCUT2D eigenvalue weighted by atomic mass is 10.1. The quantitative estimate of drug-likeness (QED) is 0.0270. The molecule has 0 aromatic carbocycles. The number of unbranched alkanes of at least 4 members (excludes halogenated alkanes) is 21. The number of rotatable bonds is 40. The van der Waals surface area contributed by atoms with Crippen molar-refractivity contribution in [1.29, 1.82) is 0 Å². The van der Waals surface area contributed by atoms with Crippen LogP contribution in [-0.2, 0) is 32.7 Å². The molecule has 0 amide bonds. The van der Waals surface area contributed by atoms with Crippen LogP contribution in [0.5, 0.6) is 0 Å². The fourth-order valence-corrected chi connectivity index (χ4v) is 6.54. The molecule has 0 heterocycles. The number of carbonyl (C=O) groups excluding carboxylic acids is 2. The van der Waals surface area contributed by atoms with Crippen molar-refractivity contribution in [3.63, 3.8) is 0 Å². The molecular formula is C43H80NO8P. The Bertz CT molecular complexity index is 970. The summed E-state index contributed by atoms with van der Waals surface area (Å²) in [7, 11) is -4.38. The average Bonchev–Trinajstić information content (AvgIpc) is 3.14. The smallest absolute Gasteiger partial charge is 0.462 e. The van der Waals surface area contributed by atoms with Crippen molar-refractivity contribution in [1.82, 2.24) is 0 Å². The Balaban J connectivity index is 4.17. The minimum atomic E-state index is -4.38. The van der Waals surface area contributed by atoms with Crippen LogP contribution < -0.4 is 5.73 Å². The van der Waals surface area contributed by atoms with Crippen LogP contribution in [0.1, 0.15) is 194 Å². The van der Waals surface area contributed by atoms with Crippen molar-refractivity contribution >= 4 is 19.8 Å². The topological polar surface area (TPSA) is 134 Å². The van der Waals surface area contributed by atoms with Gasteiger partial charge in [-0.1, -0.05) is 147 Å². The van der Waals surface area contributed by atoms with Crippen molar-refractivity contribution in [2.75, 3.05) is 26.4 Å². The number of phosphoric acid groups is 1. The van der Waals surface area contributed by atoms with E-state index in [0.29, 0.717) is 6.42 Å². The van der Waals surface area contributed by atoms with E-state index in [2.05, 4.69) is 50.3 Å². The molecule has 0 rings (SSSR count). The van der Waals surface area contributed by atoms with Gasteiger partial charge in [0.05, 0.1) is 13.2 Å². The Kier molecular flexibility index (Phi) is 38.6. The minimum absolute atomic E-state index is 0.0511. The highest BCUT2D eigenvalue weighted by molar-refractivity contribution is 7.47. The predicted octanol–water partition coefficient (Wildman–Crippen LogP) is 12.2. The van der Waals surface area contributed by atoms with Crippen molar-refractivity contribution in [2.45, 2.75) is 200 Å². The van der Waals surface area contributed by atoms with Crippen LogP contribution in [0.25, 0.3) is 0 Å². The molecule has 3 N–H and O–H groups in total. The summed E-state index contributed by atoms with van der Waals surface area (Å²) in [6, 6.07) is 0. The van der Waals surface area contributed by atoms with Crippen LogP contribution >= 0.6 is 7.82 Å². The first kappa shape index (κ1) is 51.2. The number of ether oxygens (including phenoxy) is 2. The van der Waals surface area contributed by atoms with Gasteiger partial charge >= 0.3 is 19.8 Å². The molecule has 0 aromatic rings. The van der Waals surface area contributed by atoms with E-state index in [0.717, 1.165) is 64.2 Å². The lowest BCUT2D eigenvalue weighted by Crippen LogP contribution is -2.29. The molecule has 53 heavy (non-hydrogen) atoms. The van der Waals surface area contributed by atoms with Crippen molar-refractivity contribution in [2.24, 2.45) is 5.73 Å². The largest absolute Gasteiger partial charge is 0.472 e. The van der Waals surface area contributed by atoms with Crippen molar-refractivity contribution < 1.29 is 37.6 Å². The fourth-order valence-electron chi connectivity index (χ4n) is 5.78. The Hall–Kier alpha value is -1.77. The average molecular weight is 770 g/mol. The van der Waals surface area contributed by atoms with Crippen LogP contribution in [0.15, 0.2) is 36.5 Å². The van der Waals surface area contributed by atoms with Crippen molar-refractivity contribution in [3.8, 4) is 0 Å². The van der Waals surface area contributed by atoms with Crippen LogP contribution in [0.2, 0.25) is 0 Å². The van der Waals surface area contributed by atoms with E-state index < -0.39 is 26.5 Å². The second-order valence-corrected chi connectivity index (χ2v) is 15.7. The van der Waals surface area contributed by atoms with Crippen LogP contribution in [0, 0.1) is 0 Å². The number of hydrogen-bond acceptors (Lipinski definition) is 8. The third-order valence-electron chi connectivity index (χ3n) is 9.00. The van der Waals surface area contributed by atoms with E-state index in [9.17, 15) is 19.0 Å². The zero-order valence-corrected chi connectivity index (χ0v) is 34.9. The highest BCUT2D eigenvalue weighted by Gasteiger charge is 2.26. The maximum atomic E-state index is 12.6. The summed E-state index contributed by atoms with van der Waals surface area (Å²) in [6.07, 6.45) is 43.1. The standard InChI is InChI=1S/C43H80NO8P/c1-3-5-7-9-11-13-15-17-19-20-22-24-26-28-30-32-34-36-43(46)52-41(40-51-53(47,48)50-38-37-44)39-49-42(45)35-33-31-29-27-25-23-21-18-16-14-12-10-8-6-4-2/h11,13-14,16-17,19,41H,3-10,12,15,18,20-40,44H2,1-2H3,(H,47,48)/t41-/m1/s1. The van der Waals surface area contributed by atoms with Gasteiger partial charge in [0.1, 0.15) is 6.61 Å². The lowest BCUT2D eigenvalue weighted by molar-refractivity contribution is -0.161. The van der Waals surface area contributed by atoms with Gasteiger partial charge in [-0.25, -0.2) is 4.57 Å². The van der Waals surface area contributed by atoms with Crippen LogP contribution in [0.4, 0.5) is 0 Å². The third-order valence-corrected chi connectivity index (χ3v) is 9.98. The monoisotopic (exact) mass is 770 g/mol. The molecule has 0 aliphatic rings. The molecular weight excluding hydrogens is 689 g/mol. The summed E-state index contributed by atoms with van der Waals surface area (Å²) in [6.45, 7) is 3.68. The third kappa shape index (κ3) is 39.7. The van der Waals surface area contributed by atoms with Gasteiger partial charge in [0.2, 0.25) is 0 Å². The highest BCUT2D eigenvalue weighted by Crippen LogP contribution is 2.43. The van der Waals surface area contributed by atoms with Gasteiger partial charge in [-0.05, 0) is 70.6 Å². The van der Waals surface area contributed by atoms with Gasteiger partial charge in [-0.3, -0.25) is 18.6 Å². The molecule has 0 fully saturated rings. The molecule has 0 aliphatic carbocycles. The maximum absolute atomic E-state index is 12.6. The zero-order valence-electron chi connectivity index (χ0n) is 34.0. The number of nitrogens with two attached hydrogens (primary N) is 1. The Morgan fingerprint density at radius 2 is 0.981 bits per heavy atom. The first-order chi connectivity index (χ1) is 25.8. The second-order valence-electron chi connectivity index (χ2n) is 14.2. The molecule has 0 aromatic heterocycles. The molecule has 1 unspecified atom stereocenters. The molecule has 0 aliphatic heterocycles. The summed E-state index contributed by atoms with van der Waals surface area (Å²) in [4.78, 5) is 34.8. The SMILES string of the molecule is CCCCCC=CCC=CCCCCCCCCCC(=O)O[C@H](COC(=O)CCCCCCCCCC=CCCCCCC)COP(=O)(O)OCCN. The van der Waals surface area contributed by atoms with E-state index in [-0.39, 0.29) is 38.6 Å². The number of hydrogen-bond donors (Lipinski definition) is 2. The van der Waals surface area contributed by atoms with Gasteiger partial charge in [0, 0.05) is 19.4 Å². The first-order valence-corrected chi connectivity index (χ1v) is 23.0. The summed E-state index contributed by atoms with van der Waals surface area (Å²) in [5.41, 5.74) is 5.34. The maximum Gasteiger partial charge on any atom is 0.472 e. The lowest BCUT2D eigenvalue weighted by Gasteiger charge is -2.19. The summed E-state index contributed by atoms with van der Waals surface area (Å²) in [5, 5.41) is 0. The predicted molar refractivity (Wildman–Crippen MR) is 220 cm³/mol. The van der Waals surface area contributed by atoms with Gasteiger partial charge < -0.3 is 20.1 Å². The zero-order chi connectivity index (χ0) is 38.9. The fraction of sp³-hybridized carbons (Fsp3) is 0.814. The number of esters is 2. The Morgan fingerprint density at radius 3 is 1.49 bits per heavy atom. The molecule has 0 saturated carbocycles. The van der Waals surface area contributed by atoms with Gasteiger partial charge in [-0.2, -0.15) is 0 Å². The summed E-state index contributed by atoms with van der Waals surface area (Å²) >= 11 is 0. The van der Waals surface area contributed by atoms with E-state index in [4.69, 9.17) is 24.3 Å². The molecule has 0 radical (unpaired) electrons. The molecule has 0 saturated heterocycles. The highest BCUT2D eigenvalue weighted by atomic mass is 31.2. The first-order valence-electron chi connectivity index (χ1n) is 21.5. The molecule has 10 heteroatoms. The van der Waals surface area contributed by atoms with Gasteiger partial charge in [-0.15, -0.1) is 0 Å². The molecule has 2 atom stereocenters. The van der Waals surface area contributed by atoms with E-state index in [1.165, 1.54) is 96.3 Å². The molecule has 0 bridgehead atoms. The Morgan fingerprint density at radius 1 is 0.566 bits per heavy atom. The second kappa shape index (κ2) is 39.9. The summed E-state index contributed by atoms with van der Waals surface area (Å²) in [5.74, 6) is -0.841.